The summed E-state index contributed by atoms with van der Waals surface area (Å²) >= 11 is 7.28. The van der Waals surface area contributed by atoms with Gasteiger partial charge in [0.25, 0.3) is 11.1 Å². The van der Waals surface area contributed by atoms with Gasteiger partial charge in [0, 0.05) is 24.7 Å². The van der Waals surface area contributed by atoms with Crippen molar-refractivity contribution < 1.29 is 27.6 Å². The number of amides is 2. The predicted octanol–water partition coefficient (Wildman–Crippen LogP) is 3.73. The van der Waals surface area contributed by atoms with Gasteiger partial charge in [0.2, 0.25) is 0 Å². The number of nitrogens with two attached hydrogens (primary N) is 1. The molecule has 0 unspecified atom stereocenters. The van der Waals surface area contributed by atoms with Crippen molar-refractivity contribution in [3.05, 3.63) is 33.7 Å². The molecular formula is C18H19ClF3N3O3S. The van der Waals surface area contributed by atoms with Crippen LogP contribution in [0.4, 0.5) is 23.7 Å². The molecule has 1 atom stereocenters. The van der Waals surface area contributed by atoms with Crippen LogP contribution in [0, 0.1) is 0 Å². The van der Waals surface area contributed by atoms with Crippen LogP contribution in [0.1, 0.15) is 24.8 Å². The number of nitrogens with zero attached hydrogens (tertiary/aromatic N) is 1. The molecule has 2 aliphatic heterocycles. The highest BCUT2D eigenvalue weighted by molar-refractivity contribution is 8.18. The van der Waals surface area contributed by atoms with Crippen LogP contribution in [-0.4, -0.2) is 42.7 Å². The SMILES string of the molecule is N[C@@H]1CCCN(c2c(Cl)cccc2/C=C2\SC(=O)NC2=O)C1.O=CCC(F)(F)F. The van der Waals surface area contributed by atoms with E-state index in [1.54, 1.807) is 6.08 Å². The highest BCUT2D eigenvalue weighted by atomic mass is 35.5. The van der Waals surface area contributed by atoms with Gasteiger partial charge in [0.15, 0.2) is 0 Å². The van der Waals surface area contributed by atoms with E-state index in [2.05, 4.69) is 10.2 Å². The molecule has 2 aliphatic rings. The predicted molar refractivity (Wildman–Crippen MR) is 107 cm³/mol. The Morgan fingerprint density at radius 1 is 1.34 bits per heavy atom. The number of hydrogen-bond acceptors (Lipinski definition) is 6. The summed E-state index contributed by atoms with van der Waals surface area (Å²) in [5.41, 5.74) is 7.76. The standard InChI is InChI=1S/C15H16ClN3O2S.C3H3F3O/c16-11-5-1-3-9(7-12-14(20)18-15(21)22-12)13(11)19-6-2-4-10(17)8-19;4-3(5,6)1-2-7/h1,3,5,7,10H,2,4,6,8,17H2,(H,18,20,21);2H,1H2/b12-7-;/t10-;/m1./s1. The molecule has 0 radical (unpaired) electrons. The lowest BCUT2D eigenvalue weighted by molar-refractivity contribution is -0.144. The van der Waals surface area contributed by atoms with Crippen LogP contribution in [0.5, 0.6) is 0 Å². The summed E-state index contributed by atoms with van der Waals surface area (Å²) in [7, 11) is 0. The van der Waals surface area contributed by atoms with Crippen LogP contribution in [0.3, 0.4) is 0 Å². The molecule has 2 amide bonds. The Hall–Kier alpha value is -2.04. The van der Waals surface area contributed by atoms with Gasteiger partial charge in [-0.2, -0.15) is 13.2 Å². The highest BCUT2D eigenvalue weighted by Crippen LogP contribution is 2.35. The molecule has 0 aliphatic carbocycles. The fourth-order valence-electron chi connectivity index (χ4n) is 2.85. The first-order valence-corrected chi connectivity index (χ1v) is 9.84. The van der Waals surface area contributed by atoms with Gasteiger partial charge in [-0.25, -0.2) is 0 Å². The highest BCUT2D eigenvalue weighted by Gasteiger charge is 2.27. The molecule has 29 heavy (non-hydrogen) atoms. The number of alkyl halides is 3. The minimum absolute atomic E-state index is 0.122. The number of anilines is 1. The molecule has 0 bridgehead atoms. The van der Waals surface area contributed by atoms with E-state index in [1.807, 2.05) is 18.2 Å². The monoisotopic (exact) mass is 449 g/mol. The maximum Gasteiger partial charge on any atom is 0.395 e. The first kappa shape index (κ1) is 23.2. The molecule has 1 aromatic carbocycles. The van der Waals surface area contributed by atoms with Crippen molar-refractivity contribution in [3.8, 4) is 0 Å². The molecule has 3 rings (SSSR count). The largest absolute Gasteiger partial charge is 0.395 e. The van der Waals surface area contributed by atoms with Gasteiger partial charge in [-0.1, -0.05) is 23.7 Å². The number of imide groups is 1. The van der Waals surface area contributed by atoms with Crippen LogP contribution in [0.25, 0.3) is 6.08 Å². The molecule has 2 saturated heterocycles. The van der Waals surface area contributed by atoms with Gasteiger partial charge in [0.05, 0.1) is 22.0 Å². The topological polar surface area (TPSA) is 92.5 Å². The number of nitrogens with one attached hydrogen (secondary N) is 1. The average molecular weight is 450 g/mol. The Bertz CT molecular complexity index is 817. The number of rotatable bonds is 3. The Labute approximate surface area is 174 Å². The summed E-state index contributed by atoms with van der Waals surface area (Å²) in [6.07, 6.45) is -2.10. The number of halogens is 4. The maximum atomic E-state index is 11.7. The first-order chi connectivity index (χ1) is 13.6. The van der Waals surface area contributed by atoms with Gasteiger partial charge in [-0.3, -0.25) is 14.9 Å². The minimum Gasteiger partial charge on any atom is -0.368 e. The minimum atomic E-state index is -4.32. The Kier molecular flexibility index (Phi) is 8.12. The second kappa shape index (κ2) is 10.1. The van der Waals surface area contributed by atoms with Crippen LogP contribution in [-0.2, 0) is 9.59 Å². The lowest BCUT2D eigenvalue weighted by atomic mass is 10.0. The average Bonchev–Trinajstić information content (AvgIpc) is 2.92. The number of benzene rings is 1. The van der Waals surface area contributed by atoms with Crippen LogP contribution in [0.2, 0.25) is 5.02 Å². The smallest absolute Gasteiger partial charge is 0.368 e. The van der Waals surface area contributed by atoms with E-state index in [0.717, 1.165) is 48.9 Å². The summed E-state index contributed by atoms with van der Waals surface area (Å²) in [5, 5.41) is 2.53. The quantitative estimate of drug-likeness (QED) is 0.539. The Morgan fingerprint density at radius 2 is 2.07 bits per heavy atom. The zero-order valence-corrected chi connectivity index (χ0v) is 16.7. The molecule has 0 spiro atoms. The van der Waals surface area contributed by atoms with Gasteiger partial charge in [-0.05, 0) is 36.7 Å². The third-order valence-corrected chi connectivity index (χ3v) is 5.15. The normalized spacial score (nSPS) is 20.9. The number of piperidine rings is 1. The van der Waals surface area contributed by atoms with Crippen LogP contribution >= 0.6 is 23.4 Å². The molecule has 2 heterocycles. The molecule has 0 saturated carbocycles. The van der Waals surface area contributed by atoms with E-state index in [0.29, 0.717) is 9.93 Å². The van der Waals surface area contributed by atoms with Crippen LogP contribution in [0.15, 0.2) is 23.1 Å². The van der Waals surface area contributed by atoms with Crippen molar-refractivity contribution in [3.63, 3.8) is 0 Å². The van der Waals surface area contributed by atoms with Crippen molar-refractivity contribution in [2.24, 2.45) is 5.73 Å². The van der Waals surface area contributed by atoms with E-state index < -0.39 is 12.6 Å². The number of carbonyl (C=O) groups is 3. The number of para-hydroxylation sites is 1. The van der Waals surface area contributed by atoms with Gasteiger partial charge in [0.1, 0.15) is 6.29 Å². The second-order valence-corrected chi connectivity index (χ2v) is 7.79. The molecular weight excluding hydrogens is 431 g/mol. The zero-order chi connectivity index (χ0) is 21.6. The lowest BCUT2D eigenvalue weighted by Gasteiger charge is -2.34. The molecule has 158 valence electrons. The number of thioether (sulfide) groups is 1. The van der Waals surface area contributed by atoms with Gasteiger partial charge < -0.3 is 15.4 Å². The van der Waals surface area contributed by atoms with E-state index in [4.69, 9.17) is 22.1 Å². The van der Waals surface area contributed by atoms with Crippen molar-refractivity contribution in [2.45, 2.75) is 31.5 Å². The van der Waals surface area contributed by atoms with E-state index in [-0.39, 0.29) is 23.5 Å². The number of hydrogen-bond donors (Lipinski definition) is 2. The summed E-state index contributed by atoms with van der Waals surface area (Å²) < 4.78 is 32.5. The third kappa shape index (κ3) is 7.06. The third-order valence-electron chi connectivity index (χ3n) is 4.04. The fourth-order valence-corrected chi connectivity index (χ4v) is 3.83. The van der Waals surface area contributed by atoms with E-state index in [9.17, 15) is 22.8 Å². The first-order valence-electron chi connectivity index (χ1n) is 8.65. The van der Waals surface area contributed by atoms with Gasteiger partial charge in [-0.15, -0.1) is 0 Å². The number of carbonyl (C=O) groups excluding carboxylic acids is 3. The Balaban J connectivity index is 0.000000370. The van der Waals surface area contributed by atoms with E-state index in [1.165, 1.54) is 0 Å². The van der Waals surface area contributed by atoms with Gasteiger partial charge >= 0.3 is 6.18 Å². The molecule has 11 heteroatoms. The summed E-state index contributed by atoms with van der Waals surface area (Å²) in [5.74, 6) is -0.365. The fraction of sp³-hybridized carbons (Fsp3) is 0.389. The maximum absolute atomic E-state index is 11.7. The summed E-state index contributed by atoms with van der Waals surface area (Å²) in [6.45, 7) is 1.62. The number of aldehydes is 1. The van der Waals surface area contributed by atoms with E-state index >= 15 is 0 Å². The Morgan fingerprint density at radius 3 is 2.59 bits per heavy atom. The zero-order valence-electron chi connectivity index (χ0n) is 15.2. The molecule has 2 fully saturated rings. The van der Waals surface area contributed by atoms with Crippen molar-refractivity contribution in [2.75, 3.05) is 18.0 Å². The molecule has 3 N–H and O–H groups in total. The second-order valence-electron chi connectivity index (χ2n) is 6.36. The van der Waals surface area contributed by atoms with Crippen molar-refractivity contribution >= 4 is 52.6 Å². The summed E-state index contributed by atoms with van der Waals surface area (Å²) in [6, 6.07) is 5.68. The molecule has 6 nitrogen and oxygen atoms in total. The molecule has 1 aromatic rings. The van der Waals surface area contributed by atoms with Crippen molar-refractivity contribution in [1.82, 2.24) is 5.32 Å². The lowest BCUT2D eigenvalue weighted by Crippen LogP contribution is -2.43. The summed E-state index contributed by atoms with van der Waals surface area (Å²) in [4.78, 5) is 34.7. The molecule has 0 aromatic heterocycles. The van der Waals surface area contributed by atoms with Crippen LogP contribution < -0.4 is 16.0 Å². The van der Waals surface area contributed by atoms with Crippen molar-refractivity contribution in [1.29, 1.82) is 0 Å².